The van der Waals surface area contributed by atoms with Crippen LogP contribution in [0, 0.1) is 11.6 Å². The number of carbonyl (C=O) groups excluding carboxylic acids is 3. The molecule has 3 rings (SSSR count). The number of amides is 4. The maximum Gasteiger partial charge on any atom is 0.325 e. The van der Waals surface area contributed by atoms with Crippen molar-refractivity contribution >= 4 is 17.8 Å². The molecule has 146 valence electrons. The first-order chi connectivity index (χ1) is 12.8. The van der Waals surface area contributed by atoms with Gasteiger partial charge in [-0.25, -0.2) is 13.6 Å². The van der Waals surface area contributed by atoms with E-state index in [1.54, 1.807) is 6.92 Å². The molecular formula is C19H23F2N3O3. The summed E-state index contributed by atoms with van der Waals surface area (Å²) >= 11 is 0. The predicted molar refractivity (Wildman–Crippen MR) is 93.6 cm³/mol. The summed E-state index contributed by atoms with van der Waals surface area (Å²) in [5, 5.41) is 5.51. The molecule has 0 radical (unpaired) electrons. The van der Waals surface area contributed by atoms with Crippen LogP contribution in [-0.2, 0) is 9.59 Å². The lowest BCUT2D eigenvalue weighted by Crippen LogP contribution is -2.44. The lowest BCUT2D eigenvalue weighted by Gasteiger charge is -2.20. The van der Waals surface area contributed by atoms with Gasteiger partial charge in [0.2, 0.25) is 5.91 Å². The van der Waals surface area contributed by atoms with Crippen LogP contribution in [0.25, 0.3) is 0 Å². The molecule has 1 aliphatic carbocycles. The van der Waals surface area contributed by atoms with Crippen LogP contribution in [0.4, 0.5) is 13.6 Å². The van der Waals surface area contributed by atoms with E-state index in [2.05, 4.69) is 10.6 Å². The molecule has 1 atom stereocenters. The lowest BCUT2D eigenvalue weighted by molar-refractivity contribution is -0.131. The van der Waals surface area contributed by atoms with Crippen molar-refractivity contribution in [3.8, 4) is 0 Å². The fraction of sp³-hybridized carbons (Fsp3) is 0.526. The van der Waals surface area contributed by atoms with Gasteiger partial charge >= 0.3 is 6.03 Å². The quantitative estimate of drug-likeness (QED) is 0.746. The monoisotopic (exact) mass is 379 g/mol. The Hall–Kier alpha value is -2.51. The van der Waals surface area contributed by atoms with Crippen molar-refractivity contribution < 1.29 is 23.2 Å². The number of hydrogen-bond acceptors (Lipinski definition) is 3. The Morgan fingerprint density at radius 3 is 2.63 bits per heavy atom. The number of rotatable bonds is 6. The molecule has 1 spiro atoms. The zero-order valence-corrected chi connectivity index (χ0v) is 15.2. The van der Waals surface area contributed by atoms with Crippen LogP contribution in [0.2, 0.25) is 0 Å². The van der Waals surface area contributed by atoms with Gasteiger partial charge < -0.3 is 10.6 Å². The summed E-state index contributed by atoms with van der Waals surface area (Å²) in [5.74, 6) is -2.38. The average molecular weight is 379 g/mol. The second-order valence-corrected chi connectivity index (χ2v) is 7.24. The summed E-state index contributed by atoms with van der Waals surface area (Å²) in [6.45, 7) is 1.85. The Kier molecular flexibility index (Phi) is 5.43. The number of imide groups is 1. The molecule has 2 aliphatic rings. The van der Waals surface area contributed by atoms with Crippen molar-refractivity contribution in [1.82, 2.24) is 15.5 Å². The van der Waals surface area contributed by atoms with E-state index in [1.165, 1.54) is 11.0 Å². The number of nitrogens with one attached hydrogen (secondary N) is 2. The van der Waals surface area contributed by atoms with E-state index in [9.17, 15) is 23.2 Å². The van der Waals surface area contributed by atoms with Crippen molar-refractivity contribution in [1.29, 1.82) is 0 Å². The van der Waals surface area contributed by atoms with Crippen molar-refractivity contribution in [2.75, 3.05) is 6.54 Å². The van der Waals surface area contributed by atoms with Gasteiger partial charge in [0.25, 0.3) is 5.91 Å². The maximum absolute atomic E-state index is 13.3. The van der Waals surface area contributed by atoms with Crippen molar-refractivity contribution in [3.63, 3.8) is 0 Å². The highest BCUT2D eigenvalue weighted by atomic mass is 19.2. The predicted octanol–water partition coefficient (Wildman–Crippen LogP) is 2.79. The number of urea groups is 1. The fourth-order valence-corrected chi connectivity index (χ4v) is 3.77. The average Bonchev–Trinajstić information content (AvgIpc) is 3.17. The van der Waals surface area contributed by atoms with Crippen molar-refractivity contribution in [2.45, 2.75) is 57.0 Å². The second-order valence-electron chi connectivity index (χ2n) is 7.24. The standard InChI is InChI=1S/C19H23F2N3O3/c1-12(13-6-7-14(20)15(21)11-13)22-16(25)5-4-10-24-17(26)19(23-18(24)27)8-2-3-9-19/h6-7,11-12H,2-5,8-10H2,1H3,(H,22,25)(H,23,27)/t12-/m1/s1. The first-order valence-electron chi connectivity index (χ1n) is 9.21. The topological polar surface area (TPSA) is 78.5 Å². The molecule has 6 nitrogen and oxygen atoms in total. The van der Waals surface area contributed by atoms with Gasteiger partial charge in [0.15, 0.2) is 11.6 Å². The summed E-state index contributed by atoms with van der Waals surface area (Å²) < 4.78 is 26.3. The molecule has 1 aromatic carbocycles. The van der Waals surface area contributed by atoms with Gasteiger partial charge in [0, 0.05) is 13.0 Å². The number of hydrogen-bond donors (Lipinski definition) is 2. The summed E-state index contributed by atoms with van der Waals surface area (Å²) in [7, 11) is 0. The smallest absolute Gasteiger partial charge is 0.325 e. The molecule has 2 N–H and O–H groups in total. The molecule has 0 bridgehead atoms. The summed E-state index contributed by atoms with van der Waals surface area (Å²) in [5.41, 5.74) is -0.278. The molecule has 1 aliphatic heterocycles. The number of halogens is 2. The van der Waals surface area contributed by atoms with E-state index >= 15 is 0 Å². The van der Waals surface area contributed by atoms with Crippen LogP contribution >= 0.6 is 0 Å². The molecule has 27 heavy (non-hydrogen) atoms. The van der Waals surface area contributed by atoms with Gasteiger partial charge in [-0.05, 0) is 43.9 Å². The second kappa shape index (κ2) is 7.62. The summed E-state index contributed by atoms with van der Waals surface area (Å²) in [4.78, 5) is 37.9. The minimum atomic E-state index is -0.965. The number of benzene rings is 1. The Balaban J connectivity index is 1.47. The molecule has 1 aromatic rings. The fourth-order valence-electron chi connectivity index (χ4n) is 3.77. The minimum Gasteiger partial charge on any atom is -0.350 e. The third-order valence-corrected chi connectivity index (χ3v) is 5.31. The molecular weight excluding hydrogens is 356 g/mol. The Bertz CT molecular complexity index is 763. The molecule has 1 heterocycles. The van der Waals surface area contributed by atoms with E-state index < -0.39 is 29.2 Å². The van der Waals surface area contributed by atoms with E-state index in [4.69, 9.17) is 0 Å². The highest BCUT2D eigenvalue weighted by Gasteiger charge is 2.52. The maximum atomic E-state index is 13.3. The normalized spacial score (nSPS) is 19.4. The molecule has 1 saturated heterocycles. The number of carbonyl (C=O) groups is 3. The lowest BCUT2D eigenvalue weighted by atomic mass is 9.98. The van der Waals surface area contributed by atoms with Crippen LogP contribution in [0.5, 0.6) is 0 Å². The molecule has 0 unspecified atom stereocenters. The summed E-state index contributed by atoms with van der Waals surface area (Å²) in [6, 6.07) is 2.61. The minimum absolute atomic E-state index is 0.123. The Morgan fingerprint density at radius 1 is 1.26 bits per heavy atom. The Labute approximate surface area is 156 Å². The van der Waals surface area contributed by atoms with E-state index in [1.807, 2.05) is 0 Å². The SMILES string of the molecule is C[C@@H](NC(=O)CCCN1C(=O)NC2(CCCC2)C1=O)c1ccc(F)c(F)c1. The van der Waals surface area contributed by atoms with E-state index in [0.717, 1.165) is 25.0 Å². The third kappa shape index (κ3) is 3.94. The molecule has 0 aromatic heterocycles. The van der Waals surface area contributed by atoms with Crippen molar-refractivity contribution in [3.05, 3.63) is 35.4 Å². The Morgan fingerprint density at radius 2 is 1.96 bits per heavy atom. The van der Waals surface area contributed by atoms with E-state index in [0.29, 0.717) is 24.8 Å². The van der Waals surface area contributed by atoms with Crippen LogP contribution in [-0.4, -0.2) is 34.8 Å². The van der Waals surface area contributed by atoms with Gasteiger partial charge in [-0.1, -0.05) is 18.9 Å². The van der Waals surface area contributed by atoms with Gasteiger partial charge in [0.05, 0.1) is 6.04 Å². The van der Waals surface area contributed by atoms with Crippen LogP contribution in [0.3, 0.4) is 0 Å². The third-order valence-electron chi connectivity index (χ3n) is 5.31. The summed E-state index contributed by atoms with van der Waals surface area (Å²) in [6.07, 6.45) is 3.64. The van der Waals surface area contributed by atoms with Gasteiger partial charge in [-0.2, -0.15) is 0 Å². The highest BCUT2D eigenvalue weighted by molar-refractivity contribution is 6.07. The highest BCUT2D eigenvalue weighted by Crippen LogP contribution is 2.35. The van der Waals surface area contributed by atoms with Crippen LogP contribution in [0.1, 0.15) is 57.1 Å². The zero-order chi connectivity index (χ0) is 19.6. The first-order valence-corrected chi connectivity index (χ1v) is 9.21. The molecule has 1 saturated carbocycles. The van der Waals surface area contributed by atoms with Gasteiger partial charge in [-0.15, -0.1) is 0 Å². The van der Waals surface area contributed by atoms with Gasteiger partial charge in [-0.3, -0.25) is 14.5 Å². The van der Waals surface area contributed by atoms with Gasteiger partial charge in [0.1, 0.15) is 5.54 Å². The van der Waals surface area contributed by atoms with Crippen LogP contribution in [0.15, 0.2) is 18.2 Å². The largest absolute Gasteiger partial charge is 0.350 e. The molecule has 2 fully saturated rings. The molecule has 4 amide bonds. The molecule has 8 heteroatoms. The van der Waals surface area contributed by atoms with Crippen LogP contribution < -0.4 is 10.6 Å². The van der Waals surface area contributed by atoms with Crippen molar-refractivity contribution in [2.24, 2.45) is 0 Å². The number of nitrogens with zero attached hydrogens (tertiary/aromatic N) is 1. The first kappa shape index (κ1) is 19.3. The van der Waals surface area contributed by atoms with E-state index in [-0.39, 0.29) is 24.8 Å². The zero-order valence-electron chi connectivity index (χ0n) is 15.2.